The van der Waals surface area contributed by atoms with E-state index in [1.54, 1.807) is 30.5 Å². The number of benzene rings is 2. The third-order valence-electron chi connectivity index (χ3n) is 5.23. The molecule has 2 aliphatic rings. The topological polar surface area (TPSA) is 66.0 Å². The Morgan fingerprint density at radius 1 is 1.03 bits per heavy atom. The smallest absolute Gasteiger partial charge is 0.339 e. The maximum Gasteiger partial charge on any atom is 0.339 e. The maximum absolute atomic E-state index is 12.1. The van der Waals surface area contributed by atoms with Gasteiger partial charge >= 0.3 is 6.03 Å². The SMILES string of the molecule is O=C(N/N=C\C1=C(N2CCOCC2)C(=C\c2ccccc2)/CC1)Nc1ccc(Cl)cc1. The third-order valence-corrected chi connectivity index (χ3v) is 5.48. The molecule has 1 fully saturated rings. The summed E-state index contributed by atoms with van der Waals surface area (Å²) in [5, 5.41) is 7.55. The summed E-state index contributed by atoms with van der Waals surface area (Å²) < 4.78 is 5.53. The molecule has 0 saturated carbocycles. The number of nitrogens with zero attached hydrogens (tertiary/aromatic N) is 2. The van der Waals surface area contributed by atoms with Gasteiger partial charge in [0.15, 0.2) is 0 Å². The minimum atomic E-state index is -0.398. The molecule has 1 saturated heterocycles. The molecule has 2 amide bonds. The number of morpholine rings is 1. The molecule has 0 unspecified atom stereocenters. The molecule has 0 bridgehead atoms. The molecular weight excluding hydrogens is 412 g/mol. The summed E-state index contributed by atoms with van der Waals surface area (Å²) in [6, 6.07) is 16.9. The Morgan fingerprint density at radius 2 is 1.77 bits per heavy atom. The minimum absolute atomic E-state index is 0.398. The monoisotopic (exact) mass is 436 g/mol. The number of amides is 2. The Balaban J connectivity index is 1.49. The number of hydrogen-bond acceptors (Lipinski definition) is 4. The Morgan fingerprint density at radius 3 is 2.52 bits per heavy atom. The van der Waals surface area contributed by atoms with Gasteiger partial charge in [-0.05, 0) is 59.9 Å². The van der Waals surface area contributed by atoms with Gasteiger partial charge in [0.25, 0.3) is 0 Å². The Labute approximate surface area is 187 Å². The minimum Gasteiger partial charge on any atom is -0.378 e. The van der Waals surface area contributed by atoms with Gasteiger partial charge in [0.2, 0.25) is 0 Å². The van der Waals surface area contributed by atoms with E-state index in [-0.39, 0.29) is 0 Å². The van der Waals surface area contributed by atoms with E-state index in [1.165, 1.54) is 16.8 Å². The number of halogens is 1. The van der Waals surface area contributed by atoms with Gasteiger partial charge in [0, 0.05) is 29.5 Å². The first-order valence-electron chi connectivity index (χ1n) is 10.4. The number of urea groups is 1. The molecule has 0 spiro atoms. The van der Waals surface area contributed by atoms with E-state index < -0.39 is 6.03 Å². The molecule has 31 heavy (non-hydrogen) atoms. The van der Waals surface area contributed by atoms with E-state index in [1.807, 2.05) is 18.2 Å². The summed E-state index contributed by atoms with van der Waals surface area (Å²) in [6.07, 6.45) is 5.83. The number of hydrazone groups is 1. The van der Waals surface area contributed by atoms with Crippen LogP contribution in [0.3, 0.4) is 0 Å². The molecule has 160 valence electrons. The van der Waals surface area contributed by atoms with E-state index in [0.29, 0.717) is 23.9 Å². The highest BCUT2D eigenvalue weighted by atomic mass is 35.5. The zero-order valence-corrected chi connectivity index (χ0v) is 17.9. The van der Waals surface area contributed by atoms with Crippen molar-refractivity contribution in [1.29, 1.82) is 0 Å². The van der Waals surface area contributed by atoms with Crippen molar-refractivity contribution in [1.82, 2.24) is 10.3 Å². The maximum atomic E-state index is 12.1. The lowest BCUT2D eigenvalue weighted by atomic mass is 10.1. The van der Waals surface area contributed by atoms with Gasteiger partial charge in [-0.2, -0.15) is 5.10 Å². The highest BCUT2D eigenvalue weighted by Gasteiger charge is 2.25. The Kier molecular flexibility index (Phi) is 7.02. The number of anilines is 1. The van der Waals surface area contributed by atoms with Crippen LogP contribution in [0.25, 0.3) is 6.08 Å². The summed E-state index contributed by atoms with van der Waals surface area (Å²) >= 11 is 5.87. The zero-order chi connectivity index (χ0) is 21.5. The first-order chi connectivity index (χ1) is 15.2. The number of hydrogen-bond donors (Lipinski definition) is 2. The molecule has 1 aliphatic carbocycles. The summed E-state index contributed by atoms with van der Waals surface area (Å²) in [4.78, 5) is 14.5. The van der Waals surface area contributed by atoms with Crippen molar-refractivity contribution in [2.45, 2.75) is 12.8 Å². The molecule has 0 atom stereocenters. The number of nitrogens with one attached hydrogen (secondary N) is 2. The molecule has 0 aromatic heterocycles. The quantitative estimate of drug-likeness (QED) is 0.517. The van der Waals surface area contributed by atoms with Crippen molar-refractivity contribution in [3.05, 3.63) is 82.0 Å². The molecule has 7 heteroatoms. The fourth-order valence-corrected chi connectivity index (χ4v) is 3.91. The van der Waals surface area contributed by atoms with E-state index in [2.05, 4.69) is 39.0 Å². The molecule has 6 nitrogen and oxygen atoms in total. The first kappa shape index (κ1) is 21.2. The van der Waals surface area contributed by atoms with Crippen LogP contribution in [0.4, 0.5) is 10.5 Å². The molecule has 1 heterocycles. The van der Waals surface area contributed by atoms with Gasteiger partial charge in [0.05, 0.1) is 19.4 Å². The van der Waals surface area contributed by atoms with Crippen molar-refractivity contribution in [3.8, 4) is 0 Å². The third kappa shape index (κ3) is 5.75. The predicted octanol–water partition coefficient (Wildman–Crippen LogP) is 4.91. The summed E-state index contributed by atoms with van der Waals surface area (Å²) in [6.45, 7) is 3.13. The largest absolute Gasteiger partial charge is 0.378 e. The fourth-order valence-electron chi connectivity index (χ4n) is 3.78. The standard InChI is InChI=1S/C24H25ClN4O2/c25-21-8-10-22(11-9-21)27-24(30)28-26-17-20-7-6-19(16-18-4-2-1-3-5-18)23(20)29-12-14-31-15-13-29/h1-5,8-11,16-17H,6-7,12-15H2,(H2,27,28,30)/b19-16-,26-17-. The number of ether oxygens (including phenoxy) is 1. The zero-order valence-electron chi connectivity index (χ0n) is 17.2. The lowest BCUT2D eigenvalue weighted by Gasteiger charge is -2.31. The summed E-state index contributed by atoms with van der Waals surface area (Å²) in [7, 11) is 0. The van der Waals surface area contributed by atoms with Crippen LogP contribution in [0.1, 0.15) is 18.4 Å². The van der Waals surface area contributed by atoms with E-state index in [0.717, 1.165) is 31.5 Å². The molecule has 2 aromatic rings. The van der Waals surface area contributed by atoms with Gasteiger partial charge < -0.3 is 15.0 Å². The number of rotatable bonds is 5. The van der Waals surface area contributed by atoms with Crippen LogP contribution in [-0.2, 0) is 4.74 Å². The number of carbonyl (C=O) groups excluding carboxylic acids is 1. The van der Waals surface area contributed by atoms with Crippen LogP contribution in [-0.4, -0.2) is 43.4 Å². The molecule has 4 rings (SSSR count). The van der Waals surface area contributed by atoms with E-state index in [4.69, 9.17) is 16.3 Å². The molecule has 2 aromatic carbocycles. The highest BCUT2D eigenvalue weighted by molar-refractivity contribution is 6.30. The lowest BCUT2D eigenvalue weighted by Crippen LogP contribution is -2.36. The molecule has 1 aliphatic heterocycles. The normalized spacial score (nSPS) is 18.1. The second-order valence-electron chi connectivity index (χ2n) is 7.38. The van der Waals surface area contributed by atoms with Crippen LogP contribution in [0.5, 0.6) is 0 Å². The van der Waals surface area contributed by atoms with Crippen molar-refractivity contribution in [2.24, 2.45) is 5.10 Å². The number of allylic oxidation sites excluding steroid dienone is 2. The lowest BCUT2D eigenvalue weighted by molar-refractivity contribution is 0.0548. The van der Waals surface area contributed by atoms with Gasteiger partial charge in [-0.3, -0.25) is 0 Å². The predicted molar refractivity (Wildman–Crippen MR) is 125 cm³/mol. The first-order valence-corrected chi connectivity index (χ1v) is 10.7. The van der Waals surface area contributed by atoms with Crippen molar-refractivity contribution >= 4 is 35.6 Å². The second kappa shape index (κ2) is 10.3. The van der Waals surface area contributed by atoms with Crippen molar-refractivity contribution in [2.75, 3.05) is 31.6 Å². The Bertz CT molecular complexity index is 994. The molecule has 0 radical (unpaired) electrons. The number of carbonyl (C=O) groups is 1. The van der Waals surface area contributed by atoms with Gasteiger partial charge in [-0.25, -0.2) is 10.2 Å². The highest BCUT2D eigenvalue weighted by Crippen LogP contribution is 2.34. The van der Waals surface area contributed by atoms with Crippen LogP contribution < -0.4 is 10.7 Å². The average Bonchev–Trinajstić information content (AvgIpc) is 3.19. The molecular formula is C24H25ClN4O2. The van der Waals surface area contributed by atoms with Crippen molar-refractivity contribution in [3.63, 3.8) is 0 Å². The van der Waals surface area contributed by atoms with Crippen LogP contribution >= 0.6 is 11.6 Å². The van der Waals surface area contributed by atoms with Crippen LogP contribution in [0, 0.1) is 0 Å². The van der Waals surface area contributed by atoms with Crippen LogP contribution in [0.15, 0.2) is 76.5 Å². The Hall–Kier alpha value is -3.09. The van der Waals surface area contributed by atoms with E-state index >= 15 is 0 Å². The average molecular weight is 437 g/mol. The summed E-state index contributed by atoms with van der Waals surface area (Å²) in [5.74, 6) is 0. The van der Waals surface area contributed by atoms with Gasteiger partial charge in [-0.15, -0.1) is 0 Å². The van der Waals surface area contributed by atoms with Crippen LogP contribution in [0.2, 0.25) is 5.02 Å². The second-order valence-corrected chi connectivity index (χ2v) is 7.82. The molecule has 2 N–H and O–H groups in total. The summed E-state index contributed by atoms with van der Waals surface area (Å²) in [5.41, 5.74) is 8.00. The fraction of sp³-hybridized carbons (Fsp3) is 0.250. The van der Waals surface area contributed by atoms with E-state index in [9.17, 15) is 4.79 Å². The van der Waals surface area contributed by atoms with Gasteiger partial charge in [0.1, 0.15) is 0 Å². The van der Waals surface area contributed by atoms with Crippen molar-refractivity contribution < 1.29 is 9.53 Å². The van der Waals surface area contributed by atoms with Gasteiger partial charge in [-0.1, -0.05) is 41.9 Å².